The molecule has 166 valence electrons. The van der Waals surface area contributed by atoms with E-state index in [1.165, 1.54) is 0 Å². The number of ether oxygens (including phenoxy) is 1. The molecule has 0 saturated carbocycles. The second kappa shape index (κ2) is 10.4. The predicted octanol–water partition coefficient (Wildman–Crippen LogP) is 2.31. The van der Waals surface area contributed by atoms with Crippen LogP contribution in [0.1, 0.15) is 29.8 Å². The van der Waals surface area contributed by atoms with Crippen LogP contribution in [0.2, 0.25) is 0 Å². The van der Waals surface area contributed by atoms with Crippen LogP contribution in [0.15, 0.2) is 48.5 Å². The lowest BCUT2D eigenvalue weighted by molar-refractivity contribution is -0.115. The molecule has 2 aromatic carbocycles. The van der Waals surface area contributed by atoms with Crippen molar-refractivity contribution in [3.05, 3.63) is 59.7 Å². The number of carbonyl (C=O) groups is 2. The van der Waals surface area contributed by atoms with E-state index in [1.807, 2.05) is 51.2 Å². The molecule has 7 heteroatoms. The Hall–Kier alpha value is -2.90. The van der Waals surface area contributed by atoms with Gasteiger partial charge in [-0.3, -0.25) is 9.59 Å². The van der Waals surface area contributed by atoms with Gasteiger partial charge in [-0.15, -0.1) is 0 Å². The molecule has 7 nitrogen and oxygen atoms in total. The van der Waals surface area contributed by atoms with Gasteiger partial charge in [0.25, 0.3) is 5.91 Å². The maximum absolute atomic E-state index is 13.3. The number of fused-ring (bicyclic) bond motifs is 1. The van der Waals surface area contributed by atoms with Crippen LogP contribution < -0.4 is 15.4 Å². The van der Waals surface area contributed by atoms with Crippen LogP contribution in [0.5, 0.6) is 5.75 Å². The number of carbonyl (C=O) groups excluding carboxylic acids is 2. The first-order chi connectivity index (χ1) is 14.9. The number of hydrogen-bond donors (Lipinski definition) is 3. The number of likely N-dealkylation sites (N-methyl/N-ethyl adjacent to an activating group) is 1. The second-order valence-electron chi connectivity index (χ2n) is 8.10. The second-order valence-corrected chi connectivity index (χ2v) is 8.10. The predicted molar refractivity (Wildman–Crippen MR) is 120 cm³/mol. The molecule has 0 fully saturated rings. The molecule has 1 heterocycles. The minimum Gasteiger partial charge on any atom is -0.488 e. The summed E-state index contributed by atoms with van der Waals surface area (Å²) >= 11 is 0. The van der Waals surface area contributed by atoms with Crippen LogP contribution in [0.4, 0.5) is 5.69 Å². The Morgan fingerprint density at radius 3 is 2.68 bits per heavy atom. The number of aliphatic hydroxyl groups excluding tert-OH is 1. The van der Waals surface area contributed by atoms with Crippen molar-refractivity contribution in [2.75, 3.05) is 32.1 Å². The van der Waals surface area contributed by atoms with E-state index in [9.17, 15) is 14.7 Å². The number of nitrogens with one attached hydrogen (secondary N) is 2. The third-order valence-corrected chi connectivity index (χ3v) is 5.56. The number of benzene rings is 2. The standard InChI is InChI=1S/C24H31N3O4/c1-16-14-27(17(2)15-28)24(30)20-12-19(9-10-21(20)31-22(16)13-25-3)26-23(29)11-18-7-5-4-6-8-18/h4-10,12,16-17,22,25,28H,11,13-15H2,1-3H3,(H,26,29)/t16-,17+,22-/m1/s1. The molecular weight excluding hydrogens is 394 g/mol. The van der Waals surface area contributed by atoms with Gasteiger partial charge in [-0.25, -0.2) is 0 Å². The summed E-state index contributed by atoms with van der Waals surface area (Å²) in [5, 5.41) is 15.7. The number of rotatable bonds is 7. The molecule has 0 saturated heterocycles. The van der Waals surface area contributed by atoms with Crippen molar-refractivity contribution in [3.63, 3.8) is 0 Å². The highest BCUT2D eigenvalue weighted by Crippen LogP contribution is 2.30. The zero-order valence-electron chi connectivity index (χ0n) is 18.3. The van der Waals surface area contributed by atoms with Crippen molar-refractivity contribution in [1.82, 2.24) is 10.2 Å². The van der Waals surface area contributed by atoms with Crippen molar-refractivity contribution in [3.8, 4) is 5.75 Å². The SMILES string of the molecule is CNC[C@H]1Oc2ccc(NC(=O)Cc3ccccc3)cc2C(=O)N([C@@H](C)CO)C[C@H]1C. The maximum Gasteiger partial charge on any atom is 0.258 e. The molecule has 0 aliphatic carbocycles. The summed E-state index contributed by atoms with van der Waals surface area (Å²) in [6, 6.07) is 14.3. The van der Waals surface area contributed by atoms with Crippen molar-refractivity contribution < 1.29 is 19.4 Å². The van der Waals surface area contributed by atoms with Gasteiger partial charge in [-0.1, -0.05) is 37.3 Å². The lowest BCUT2D eigenvalue weighted by atomic mass is 9.99. The van der Waals surface area contributed by atoms with Gasteiger partial charge in [-0.05, 0) is 37.7 Å². The zero-order valence-corrected chi connectivity index (χ0v) is 18.3. The van der Waals surface area contributed by atoms with E-state index in [0.717, 1.165) is 5.56 Å². The van der Waals surface area contributed by atoms with Gasteiger partial charge in [0.15, 0.2) is 0 Å². The van der Waals surface area contributed by atoms with Crippen LogP contribution in [0, 0.1) is 5.92 Å². The molecule has 0 aromatic heterocycles. The van der Waals surface area contributed by atoms with Gasteiger partial charge in [0.1, 0.15) is 11.9 Å². The topological polar surface area (TPSA) is 90.9 Å². The summed E-state index contributed by atoms with van der Waals surface area (Å²) in [6.07, 6.45) is 0.112. The fourth-order valence-electron chi connectivity index (χ4n) is 3.73. The van der Waals surface area contributed by atoms with Gasteiger partial charge in [0.05, 0.1) is 24.6 Å². The molecule has 1 aliphatic rings. The Balaban J connectivity index is 1.87. The zero-order chi connectivity index (χ0) is 22.4. The molecule has 0 bridgehead atoms. The molecule has 2 amide bonds. The van der Waals surface area contributed by atoms with Crippen LogP contribution in [0.3, 0.4) is 0 Å². The molecule has 3 atom stereocenters. The monoisotopic (exact) mass is 425 g/mol. The quantitative estimate of drug-likeness (QED) is 0.633. The summed E-state index contributed by atoms with van der Waals surface area (Å²) < 4.78 is 6.19. The van der Waals surface area contributed by atoms with Crippen molar-refractivity contribution in [2.24, 2.45) is 5.92 Å². The summed E-state index contributed by atoms with van der Waals surface area (Å²) in [6.45, 7) is 4.84. The van der Waals surface area contributed by atoms with Crippen molar-refractivity contribution in [2.45, 2.75) is 32.4 Å². The summed E-state index contributed by atoms with van der Waals surface area (Å²) in [7, 11) is 1.86. The van der Waals surface area contributed by atoms with Gasteiger partial charge < -0.3 is 25.4 Å². The highest BCUT2D eigenvalue weighted by atomic mass is 16.5. The fourth-order valence-corrected chi connectivity index (χ4v) is 3.73. The number of anilines is 1. The lowest BCUT2D eigenvalue weighted by Gasteiger charge is -2.37. The van der Waals surface area contributed by atoms with E-state index < -0.39 is 0 Å². The number of hydrogen-bond acceptors (Lipinski definition) is 5. The van der Waals surface area contributed by atoms with Gasteiger partial charge >= 0.3 is 0 Å². The summed E-state index contributed by atoms with van der Waals surface area (Å²) in [5.74, 6) is 0.176. The number of nitrogens with zero attached hydrogens (tertiary/aromatic N) is 1. The Morgan fingerprint density at radius 1 is 1.26 bits per heavy atom. The fraction of sp³-hybridized carbons (Fsp3) is 0.417. The average Bonchev–Trinajstić information content (AvgIpc) is 2.76. The third kappa shape index (κ3) is 5.62. The van der Waals surface area contributed by atoms with Gasteiger partial charge in [0.2, 0.25) is 5.91 Å². The molecule has 0 radical (unpaired) electrons. The number of aliphatic hydroxyl groups is 1. The highest BCUT2D eigenvalue weighted by Gasteiger charge is 2.32. The van der Waals surface area contributed by atoms with Gasteiger partial charge in [0, 0.05) is 24.7 Å². The molecule has 0 unspecified atom stereocenters. The number of amides is 2. The van der Waals surface area contributed by atoms with Crippen LogP contribution >= 0.6 is 0 Å². The normalized spacial score (nSPS) is 19.6. The van der Waals surface area contributed by atoms with E-state index in [-0.39, 0.29) is 42.9 Å². The summed E-state index contributed by atoms with van der Waals surface area (Å²) in [4.78, 5) is 27.5. The van der Waals surface area contributed by atoms with E-state index in [1.54, 1.807) is 23.1 Å². The van der Waals surface area contributed by atoms with E-state index in [4.69, 9.17) is 4.74 Å². The smallest absolute Gasteiger partial charge is 0.258 e. The first kappa shape index (κ1) is 22.8. The highest BCUT2D eigenvalue weighted by molar-refractivity contribution is 6.00. The molecule has 31 heavy (non-hydrogen) atoms. The van der Waals surface area contributed by atoms with Crippen molar-refractivity contribution in [1.29, 1.82) is 0 Å². The maximum atomic E-state index is 13.3. The van der Waals surface area contributed by atoms with E-state index >= 15 is 0 Å². The first-order valence-corrected chi connectivity index (χ1v) is 10.6. The minimum atomic E-state index is -0.326. The van der Waals surface area contributed by atoms with Crippen LogP contribution in [-0.4, -0.2) is 60.7 Å². The molecule has 1 aliphatic heterocycles. The molecule has 2 aromatic rings. The molecule has 0 spiro atoms. The Labute approximate surface area is 183 Å². The van der Waals surface area contributed by atoms with Gasteiger partial charge in [-0.2, -0.15) is 0 Å². The van der Waals surface area contributed by atoms with Crippen molar-refractivity contribution >= 4 is 17.5 Å². The molecular formula is C24H31N3O4. The molecule has 3 rings (SSSR count). The Morgan fingerprint density at radius 2 is 2.00 bits per heavy atom. The average molecular weight is 426 g/mol. The van der Waals surface area contributed by atoms with E-state index in [0.29, 0.717) is 30.1 Å². The Bertz CT molecular complexity index is 903. The minimum absolute atomic E-state index is 0.0730. The molecule has 3 N–H and O–H groups in total. The first-order valence-electron chi connectivity index (χ1n) is 10.6. The third-order valence-electron chi connectivity index (χ3n) is 5.56. The Kier molecular flexibility index (Phi) is 7.65. The summed E-state index contributed by atoms with van der Waals surface area (Å²) in [5.41, 5.74) is 1.83. The van der Waals surface area contributed by atoms with E-state index in [2.05, 4.69) is 10.6 Å². The van der Waals surface area contributed by atoms with Crippen LogP contribution in [-0.2, 0) is 11.2 Å². The lowest BCUT2D eigenvalue weighted by Crippen LogP contribution is -2.49. The largest absolute Gasteiger partial charge is 0.488 e. The van der Waals surface area contributed by atoms with Crippen LogP contribution in [0.25, 0.3) is 0 Å².